The molecule has 0 heterocycles. The molecule has 0 unspecified atom stereocenters. The molecule has 0 saturated heterocycles. The van der Waals surface area contributed by atoms with Crippen molar-refractivity contribution in [1.82, 2.24) is 0 Å². The fraction of sp³-hybridized carbons (Fsp3) is 0.571. The number of nitrogens with two attached hydrogens (primary N) is 1. The first-order valence-electron chi connectivity index (χ1n) is 6.79. The number of para-hydroxylation sites is 1. The number of aliphatic hydroxyl groups excluding tert-OH is 3. The van der Waals surface area contributed by atoms with E-state index >= 15 is 0 Å². The van der Waals surface area contributed by atoms with Crippen molar-refractivity contribution in [3.05, 3.63) is 28.2 Å². The second kappa shape index (κ2) is 8.78. The highest BCUT2D eigenvalue weighted by atomic mass is 35.5. The summed E-state index contributed by atoms with van der Waals surface area (Å²) in [5.41, 5.74) is -0.678. The molecule has 1 aromatic carbocycles. The second-order valence-corrected chi connectivity index (χ2v) is 5.80. The lowest BCUT2D eigenvalue weighted by molar-refractivity contribution is -0.736. The lowest BCUT2D eigenvalue weighted by Crippen LogP contribution is -3.00. The van der Waals surface area contributed by atoms with Crippen molar-refractivity contribution < 1.29 is 25.4 Å². The summed E-state index contributed by atoms with van der Waals surface area (Å²) >= 11 is 11.9. The molecule has 120 valence electrons. The lowest BCUT2D eigenvalue weighted by atomic mass is 9.98. The highest BCUT2D eigenvalue weighted by Crippen LogP contribution is 2.32. The average molecular weight is 339 g/mol. The molecule has 0 fully saturated rings. The van der Waals surface area contributed by atoms with Gasteiger partial charge in [-0.15, -0.1) is 0 Å². The Balaban J connectivity index is 2.49. The average Bonchev–Trinajstić information content (AvgIpc) is 2.49. The van der Waals surface area contributed by atoms with E-state index in [0.29, 0.717) is 22.2 Å². The predicted molar refractivity (Wildman–Crippen MR) is 81.9 cm³/mol. The van der Waals surface area contributed by atoms with E-state index < -0.39 is 11.6 Å². The zero-order valence-electron chi connectivity index (χ0n) is 11.9. The molecular weight excluding hydrogens is 317 g/mol. The van der Waals surface area contributed by atoms with Gasteiger partial charge in [0.25, 0.3) is 0 Å². The minimum atomic E-state index is -0.777. The largest absolute Gasteiger partial charge is 0.488 e. The summed E-state index contributed by atoms with van der Waals surface area (Å²) in [7, 11) is 0. The van der Waals surface area contributed by atoms with Crippen molar-refractivity contribution in [2.45, 2.75) is 25.0 Å². The van der Waals surface area contributed by atoms with Crippen molar-refractivity contribution in [1.29, 1.82) is 0 Å². The number of quaternary nitrogens is 1. The van der Waals surface area contributed by atoms with Gasteiger partial charge in [-0.05, 0) is 12.1 Å². The van der Waals surface area contributed by atoms with Crippen LogP contribution in [0.15, 0.2) is 18.2 Å². The number of hydrogen-bond donors (Lipinski definition) is 4. The maximum absolute atomic E-state index is 9.94. The molecule has 0 aliphatic rings. The van der Waals surface area contributed by atoms with Crippen LogP contribution in [0.25, 0.3) is 0 Å². The van der Waals surface area contributed by atoms with Crippen LogP contribution in [-0.2, 0) is 0 Å². The molecule has 0 bridgehead atoms. The van der Waals surface area contributed by atoms with Crippen molar-refractivity contribution in [2.75, 3.05) is 26.4 Å². The van der Waals surface area contributed by atoms with Gasteiger partial charge in [0.15, 0.2) is 5.75 Å². The standard InChI is InChI=1S/C14H21Cl2NO4/c1-2-14(8-18,9-19)17-6-10(20)7-21-13-11(15)4-3-5-12(13)16/h3-5,10,17-20H,2,6-9H2,1H3/p+1/t10-/m1/s1. The summed E-state index contributed by atoms with van der Waals surface area (Å²) in [4.78, 5) is 0. The fourth-order valence-corrected chi connectivity index (χ4v) is 2.31. The Hall–Kier alpha value is -0.560. The molecule has 0 amide bonds. The van der Waals surface area contributed by atoms with Crippen molar-refractivity contribution in [3.8, 4) is 5.75 Å². The maximum Gasteiger partial charge on any atom is 0.156 e. The molecule has 21 heavy (non-hydrogen) atoms. The van der Waals surface area contributed by atoms with Crippen LogP contribution in [0.2, 0.25) is 10.0 Å². The summed E-state index contributed by atoms with van der Waals surface area (Å²) in [6, 6.07) is 5.02. The minimum absolute atomic E-state index is 0.0244. The number of benzene rings is 1. The summed E-state index contributed by atoms with van der Waals surface area (Å²) in [6.07, 6.45) is -0.189. The Morgan fingerprint density at radius 1 is 1.24 bits per heavy atom. The summed E-state index contributed by atoms with van der Waals surface area (Å²) in [6.45, 7) is 1.86. The number of halogens is 2. The van der Waals surface area contributed by atoms with Gasteiger partial charge >= 0.3 is 0 Å². The number of aliphatic hydroxyl groups is 3. The Labute approximate surface area is 134 Å². The van der Waals surface area contributed by atoms with E-state index in [0.717, 1.165) is 0 Å². The molecule has 5 nitrogen and oxygen atoms in total. The van der Waals surface area contributed by atoms with Gasteiger partial charge < -0.3 is 25.4 Å². The maximum atomic E-state index is 9.94. The zero-order valence-corrected chi connectivity index (χ0v) is 13.4. The Morgan fingerprint density at radius 2 is 1.81 bits per heavy atom. The summed E-state index contributed by atoms with van der Waals surface area (Å²) < 4.78 is 5.44. The third kappa shape index (κ3) is 5.29. The van der Waals surface area contributed by atoms with E-state index in [1.54, 1.807) is 23.5 Å². The van der Waals surface area contributed by atoms with Gasteiger partial charge in [-0.1, -0.05) is 36.2 Å². The van der Waals surface area contributed by atoms with E-state index in [9.17, 15) is 15.3 Å². The van der Waals surface area contributed by atoms with Crippen molar-refractivity contribution >= 4 is 23.2 Å². The fourth-order valence-electron chi connectivity index (χ4n) is 1.80. The monoisotopic (exact) mass is 338 g/mol. The molecule has 0 aliphatic carbocycles. The van der Waals surface area contributed by atoms with Crippen LogP contribution < -0.4 is 10.1 Å². The van der Waals surface area contributed by atoms with Gasteiger partial charge in [0.2, 0.25) is 0 Å². The molecule has 0 spiro atoms. The quantitative estimate of drug-likeness (QED) is 0.526. The Kier molecular flexibility index (Phi) is 7.73. The molecule has 1 aromatic rings. The van der Waals surface area contributed by atoms with E-state index in [2.05, 4.69) is 0 Å². The van der Waals surface area contributed by atoms with Crippen molar-refractivity contribution in [3.63, 3.8) is 0 Å². The van der Waals surface area contributed by atoms with Crippen LogP contribution in [0.4, 0.5) is 0 Å². The van der Waals surface area contributed by atoms with E-state index in [1.807, 2.05) is 6.92 Å². The lowest BCUT2D eigenvalue weighted by Gasteiger charge is -2.27. The van der Waals surface area contributed by atoms with Crippen LogP contribution >= 0.6 is 23.2 Å². The number of ether oxygens (including phenoxy) is 1. The van der Waals surface area contributed by atoms with Gasteiger partial charge in [-0.2, -0.15) is 0 Å². The zero-order chi connectivity index (χ0) is 15.9. The molecule has 5 N–H and O–H groups in total. The molecule has 1 atom stereocenters. The molecule has 0 aromatic heterocycles. The highest BCUT2D eigenvalue weighted by molar-refractivity contribution is 6.37. The first-order valence-corrected chi connectivity index (χ1v) is 7.54. The Bertz CT molecular complexity index is 412. The molecular formula is C14H22Cl2NO4+. The van der Waals surface area contributed by atoms with E-state index in [4.69, 9.17) is 27.9 Å². The molecule has 0 aliphatic heterocycles. The van der Waals surface area contributed by atoms with Crippen molar-refractivity contribution in [2.24, 2.45) is 0 Å². The molecule has 0 saturated carbocycles. The third-order valence-corrected chi connectivity index (χ3v) is 4.09. The normalized spacial score (nSPS) is 13.2. The Morgan fingerprint density at radius 3 is 2.29 bits per heavy atom. The predicted octanol–water partition coefficient (Wildman–Crippen LogP) is 0.430. The smallest absolute Gasteiger partial charge is 0.156 e. The van der Waals surface area contributed by atoms with E-state index in [1.165, 1.54) is 0 Å². The number of hydrogen-bond acceptors (Lipinski definition) is 4. The van der Waals surface area contributed by atoms with Crippen LogP contribution in [-0.4, -0.2) is 53.3 Å². The first kappa shape index (κ1) is 18.5. The van der Waals surface area contributed by atoms with Crippen LogP contribution in [0, 0.1) is 0 Å². The van der Waals surface area contributed by atoms with Gasteiger partial charge in [-0.3, -0.25) is 0 Å². The molecule has 1 rings (SSSR count). The second-order valence-electron chi connectivity index (χ2n) is 4.99. The van der Waals surface area contributed by atoms with Gasteiger partial charge in [-0.25, -0.2) is 0 Å². The molecule has 0 radical (unpaired) electrons. The summed E-state index contributed by atoms with van der Waals surface area (Å²) in [5.74, 6) is 0.339. The SMILES string of the molecule is CCC(CO)(CO)[NH2+]C[C@@H](O)COc1c(Cl)cccc1Cl. The highest BCUT2D eigenvalue weighted by Gasteiger charge is 2.31. The van der Waals surface area contributed by atoms with Gasteiger partial charge in [0, 0.05) is 6.42 Å². The van der Waals surface area contributed by atoms with Crippen LogP contribution in [0.1, 0.15) is 13.3 Å². The third-order valence-electron chi connectivity index (χ3n) is 3.50. The topological polar surface area (TPSA) is 86.5 Å². The van der Waals surface area contributed by atoms with E-state index in [-0.39, 0.29) is 26.4 Å². The van der Waals surface area contributed by atoms with Gasteiger partial charge in [0.05, 0.1) is 10.0 Å². The number of rotatable bonds is 9. The van der Waals surface area contributed by atoms with Crippen LogP contribution in [0.5, 0.6) is 5.75 Å². The molecule has 7 heteroatoms. The summed E-state index contributed by atoms with van der Waals surface area (Å²) in [5, 5.41) is 31.1. The first-order chi connectivity index (χ1) is 9.98. The van der Waals surface area contributed by atoms with Gasteiger partial charge in [0.1, 0.15) is 38.0 Å². The minimum Gasteiger partial charge on any atom is -0.488 e. The van der Waals surface area contributed by atoms with Crippen LogP contribution in [0.3, 0.4) is 0 Å².